The average Bonchev–Trinajstić information content (AvgIpc) is 3.06. The van der Waals surface area contributed by atoms with Crippen molar-refractivity contribution in [3.8, 4) is 0 Å². The molecule has 25 heavy (non-hydrogen) atoms. The maximum atomic E-state index is 4.00. The summed E-state index contributed by atoms with van der Waals surface area (Å²) < 4.78 is 0.438. The number of rotatable bonds is 10. The van der Waals surface area contributed by atoms with Crippen LogP contribution in [0.1, 0.15) is 25.7 Å². The first-order chi connectivity index (χ1) is 11.1. The Kier molecular flexibility index (Phi) is 10.9. The Morgan fingerprint density at radius 1 is 0.720 bits per heavy atom. The van der Waals surface area contributed by atoms with Crippen LogP contribution >= 0.6 is 0 Å². The molecule has 2 aliphatic rings. The van der Waals surface area contributed by atoms with E-state index in [0.29, 0.717) is 0 Å². The van der Waals surface area contributed by atoms with E-state index in [1.54, 1.807) is 0 Å². The molecular weight excluding hydrogens is 426 g/mol. The second kappa shape index (κ2) is 11.2. The van der Waals surface area contributed by atoms with Gasteiger partial charge in [0.1, 0.15) is 0 Å². The molecular formula is C22H26Cl2Zr. The predicted octanol–water partition coefficient (Wildman–Crippen LogP) is 0.691. The molecule has 0 aromatic heterocycles. The van der Waals surface area contributed by atoms with Gasteiger partial charge in [-0.1, -0.05) is 0 Å². The Hall–Kier alpha value is -0.617. The Morgan fingerprint density at radius 2 is 1.12 bits per heavy atom. The van der Waals surface area contributed by atoms with Gasteiger partial charge in [-0.25, -0.2) is 0 Å². The molecule has 0 saturated carbocycles. The van der Waals surface area contributed by atoms with E-state index in [1.807, 2.05) is 12.2 Å². The molecule has 2 atom stereocenters. The quantitative estimate of drug-likeness (QED) is 0.428. The van der Waals surface area contributed by atoms with Crippen LogP contribution in [0.4, 0.5) is 0 Å². The van der Waals surface area contributed by atoms with E-state index in [4.69, 9.17) is 0 Å². The molecule has 0 amide bonds. The van der Waals surface area contributed by atoms with Crippen LogP contribution in [0.2, 0.25) is 6.25 Å². The second-order valence-corrected chi connectivity index (χ2v) is 11.5. The topological polar surface area (TPSA) is 0 Å². The monoisotopic (exact) mass is 450 g/mol. The summed E-state index contributed by atoms with van der Waals surface area (Å²) in [7, 11) is 0. The van der Waals surface area contributed by atoms with Gasteiger partial charge in [0.2, 0.25) is 0 Å². The molecule has 0 nitrogen and oxygen atoms in total. The van der Waals surface area contributed by atoms with Crippen LogP contribution in [-0.2, 0) is 23.2 Å². The molecule has 0 aliphatic heterocycles. The summed E-state index contributed by atoms with van der Waals surface area (Å²) >= 11 is -0.855. The third kappa shape index (κ3) is 6.24. The van der Waals surface area contributed by atoms with Gasteiger partial charge in [0.05, 0.1) is 0 Å². The van der Waals surface area contributed by atoms with Crippen molar-refractivity contribution in [1.29, 1.82) is 0 Å². The molecule has 0 fully saturated rings. The zero-order chi connectivity index (χ0) is 16.8. The molecule has 2 aliphatic carbocycles. The van der Waals surface area contributed by atoms with Crippen LogP contribution in [0.15, 0.2) is 98.2 Å². The largest absolute Gasteiger partial charge is 1.00 e. The van der Waals surface area contributed by atoms with Crippen molar-refractivity contribution < 1.29 is 48.0 Å². The number of allylic oxidation sites excluding steroid dienone is 12. The van der Waals surface area contributed by atoms with Crippen molar-refractivity contribution in [2.45, 2.75) is 31.9 Å². The van der Waals surface area contributed by atoms with Gasteiger partial charge < -0.3 is 24.8 Å². The molecule has 0 aromatic carbocycles. The molecule has 132 valence electrons. The summed E-state index contributed by atoms with van der Waals surface area (Å²) in [6.45, 7) is 15.8. The molecule has 3 heteroatoms. The van der Waals surface area contributed by atoms with E-state index >= 15 is 0 Å². The van der Waals surface area contributed by atoms with Crippen LogP contribution in [0, 0.1) is 0 Å². The van der Waals surface area contributed by atoms with Crippen molar-refractivity contribution >= 4 is 0 Å². The van der Waals surface area contributed by atoms with Gasteiger partial charge in [0.25, 0.3) is 0 Å². The van der Waals surface area contributed by atoms with Gasteiger partial charge >= 0.3 is 153 Å². The van der Waals surface area contributed by atoms with Crippen LogP contribution in [0.25, 0.3) is 0 Å². The molecule has 0 N–H and O–H groups in total. The van der Waals surface area contributed by atoms with Gasteiger partial charge in [-0.3, -0.25) is 0 Å². The van der Waals surface area contributed by atoms with Gasteiger partial charge in [0.15, 0.2) is 0 Å². The number of hydrogen-bond acceptors (Lipinski definition) is 0. The third-order valence-corrected chi connectivity index (χ3v) is 9.09. The van der Waals surface area contributed by atoms with E-state index in [-0.39, 0.29) is 31.1 Å². The first-order valence-corrected chi connectivity index (χ1v) is 10.6. The van der Waals surface area contributed by atoms with E-state index in [2.05, 4.69) is 74.9 Å². The standard InChI is InChI=1S/2C11H13.2ClH.Zr/c2*1-3-5-10-7-8-11(9-10)6-4-2;;;/h2*3-4,7-9H,1-2,5-6H2;2*1H;/q;;;;+2/p-2. The summed E-state index contributed by atoms with van der Waals surface area (Å²) in [5.74, 6) is 0. The van der Waals surface area contributed by atoms with Gasteiger partial charge in [0, 0.05) is 0 Å². The van der Waals surface area contributed by atoms with E-state index in [1.165, 1.54) is 11.1 Å². The summed E-state index contributed by atoms with van der Waals surface area (Å²) in [4.78, 5) is 0. The molecule has 0 heterocycles. The zero-order valence-electron chi connectivity index (χ0n) is 14.7. The normalized spacial score (nSPS) is 25.8. The molecule has 0 radical (unpaired) electrons. The summed E-state index contributed by atoms with van der Waals surface area (Å²) in [6.07, 6.45) is 26.5. The Labute approximate surface area is 177 Å². The Morgan fingerprint density at radius 3 is 1.44 bits per heavy atom. The van der Waals surface area contributed by atoms with Gasteiger partial charge in [-0.2, -0.15) is 0 Å². The van der Waals surface area contributed by atoms with E-state index in [0.717, 1.165) is 25.7 Å². The smallest absolute Gasteiger partial charge is 1.00 e. The molecule has 0 aromatic rings. The fraction of sp³-hybridized carbons (Fsp3) is 0.273. The molecule has 0 saturated heterocycles. The summed E-state index contributed by atoms with van der Waals surface area (Å²) in [6, 6.07) is 0. The van der Waals surface area contributed by atoms with Crippen LogP contribution in [0.3, 0.4) is 0 Å². The molecule has 2 unspecified atom stereocenters. The maximum Gasteiger partial charge on any atom is -1.00 e. The minimum Gasteiger partial charge on any atom is -1.00 e. The van der Waals surface area contributed by atoms with Crippen molar-refractivity contribution in [3.05, 3.63) is 98.2 Å². The number of halogens is 2. The molecule has 0 spiro atoms. The van der Waals surface area contributed by atoms with E-state index in [9.17, 15) is 0 Å². The predicted molar refractivity (Wildman–Crippen MR) is 99.1 cm³/mol. The number of hydrogen-bond donors (Lipinski definition) is 0. The fourth-order valence-corrected chi connectivity index (χ4v) is 8.80. The Bertz CT molecular complexity index is 570. The van der Waals surface area contributed by atoms with Crippen molar-refractivity contribution in [2.75, 3.05) is 0 Å². The van der Waals surface area contributed by atoms with Crippen molar-refractivity contribution in [3.63, 3.8) is 0 Å². The van der Waals surface area contributed by atoms with Gasteiger partial charge in [-0.05, 0) is 0 Å². The SMILES string of the molecule is C=CCC1=C[C](CC=C)([Zr+2][C]2(CC=C)C=CC(CC=C)=C2)C=C1.[Cl-].[Cl-]. The van der Waals surface area contributed by atoms with Crippen molar-refractivity contribution in [2.24, 2.45) is 0 Å². The first-order valence-electron chi connectivity index (χ1n) is 8.16. The minimum absolute atomic E-state index is 0. The average molecular weight is 453 g/mol. The minimum atomic E-state index is -0.855. The van der Waals surface area contributed by atoms with Gasteiger partial charge in [-0.15, -0.1) is 0 Å². The molecule has 2 rings (SSSR count). The second-order valence-electron chi connectivity index (χ2n) is 6.28. The molecule has 0 bridgehead atoms. The summed E-state index contributed by atoms with van der Waals surface area (Å²) in [5, 5.41) is 0. The van der Waals surface area contributed by atoms with Crippen LogP contribution < -0.4 is 24.8 Å². The Balaban J connectivity index is 0.00000288. The third-order valence-electron chi connectivity index (χ3n) is 4.27. The first kappa shape index (κ1) is 24.4. The maximum absolute atomic E-state index is 4.00. The van der Waals surface area contributed by atoms with Crippen molar-refractivity contribution in [1.82, 2.24) is 0 Å². The summed E-state index contributed by atoms with van der Waals surface area (Å²) in [5.41, 5.74) is 2.79. The zero-order valence-corrected chi connectivity index (χ0v) is 18.7. The fourth-order valence-electron chi connectivity index (χ4n) is 3.38. The van der Waals surface area contributed by atoms with E-state index < -0.39 is 23.2 Å². The van der Waals surface area contributed by atoms with Crippen LogP contribution in [-0.4, -0.2) is 0 Å². The van der Waals surface area contributed by atoms with Crippen LogP contribution in [0.5, 0.6) is 0 Å².